The summed E-state index contributed by atoms with van der Waals surface area (Å²) >= 11 is 13.1. The molecule has 16 heteroatoms. The molecule has 4 aromatic rings. The van der Waals surface area contributed by atoms with E-state index in [0.717, 1.165) is 36.4 Å². The molecule has 2 aliphatic heterocycles. The molecule has 3 amide bonds. The number of rotatable bonds is 10. The van der Waals surface area contributed by atoms with E-state index in [2.05, 4.69) is 0 Å². The molecule has 0 radical (unpaired) electrons. The molecule has 2 fully saturated rings. The molecule has 0 spiro atoms. The summed E-state index contributed by atoms with van der Waals surface area (Å²) in [5.74, 6) is -7.18. The van der Waals surface area contributed by atoms with Gasteiger partial charge in [-0.3, -0.25) is 24.1 Å². The van der Waals surface area contributed by atoms with Crippen LogP contribution >= 0.6 is 23.2 Å². The number of benzene rings is 4. The molecular formula is C40H38Cl2F4N6O4. The highest BCUT2D eigenvalue weighted by Gasteiger charge is 2.43. The maximum absolute atomic E-state index is 14.8. The van der Waals surface area contributed by atoms with Gasteiger partial charge in [0.1, 0.15) is 23.3 Å². The van der Waals surface area contributed by atoms with Crippen LogP contribution in [0.2, 0.25) is 10.0 Å². The van der Waals surface area contributed by atoms with Crippen LogP contribution in [0.4, 0.5) is 17.6 Å². The fraction of sp³-hybridized carbons (Fsp3) is 0.300. The van der Waals surface area contributed by atoms with Crippen molar-refractivity contribution in [3.63, 3.8) is 0 Å². The maximum Gasteiger partial charge on any atom is 0.257 e. The summed E-state index contributed by atoms with van der Waals surface area (Å²) in [5, 5.41) is 0.592. The van der Waals surface area contributed by atoms with Crippen LogP contribution in [0.15, 0.2) is 84.9 Å². The summed E-state index contributed by atoms with van der Waals surface area (Å²) in [4.78, 5) is 61.0. The molecule has 0 bridgehead atoms. The van der Waals surface area contributed by atoms with Crippen LogP contribution in [-0.4, -0.2) is 108 Å². The molecular weight excluding hydrogens is 775 g/mol. The highest BCUT2D eigenvalue weighted by molar-refractivity contribution is 6.31. The number of piperazine rings is 2. The van der Waals surface area contributed by atoms with Crippen molar-refractivity contribution in [1.29, 1.82) is 0 Å². The number of amides is 3. The predicted octanol–water partition coefficient (Wildman–Crippen LogP) is 5.04. The van der Waals surface area contributed by atoms with Crippen molar-refractivity contribution in [3.05, 3.63) is 140 Å². The van der Waals surface area contributed by atoms with E-state index in [4.69, 9.17) is 34.7 Å². The minimum absolute atomic E-state index is 0.00247. The molecule has 0 aromatic heterocycles. The number of Topliss-reactive ketones (excluding diaryl/α,β-unsaturated/α-hetero) is 1. The third kappa shape index (κ3) is 8.74. The number of nitrogens with two attached hydrogens (primary N) is 2. The lowest BCUT2D eigenvalue weighted by Gasteiger charge is -2.42. The van der Waals surface area contributed by atoms with E-state index < -0.39 is 81.9 Å². The molecule has 0 aliphatic carbocycles. The first-order valence-corrected chi connectivity index (χ1v) is 18.6. The number of halogens is 6. The van der Waals surface area contributed by atoms with Crippen LogP contribution in [0.1, 0.15) is 43.8 Å². The van der Waals surface area contributed by atoms with Gasteiger partial charge in [0.15, 0.2) is 5.78 Å². The van der Waals surface area contributed by atoms with Gasteiger partial charge in [0, 0.05) is 62.4 Å². The average Bonchev–Trinajstić information content (AvgIpc) is 3.20. The van der Waals surface area contributed by atoms with Crippen molar-refractivity contribution < 1.29 is 36.7 Å². The summed E-state index contributed by atoms with van der Waals surface area (Å²) in [6, 6.07) is 14.7. The van der Waals surface area contributed by atoms with Crippen molar-refractivity contribution in [1.82, 2.24) is 19.6 Å². The average molecular weight is 814 g/mol. The van der Waals surface area contributed by atoms with Gasteiger partial charge in [-0.1, -0.05) is 53.5 Å². The molecule has 2 saturated heterocycles. The van der Waals surface area contributed by atoms with E-state index in [-0.39, 0.29) is 57.4 Å². The first-order chi connectivity index (χ1) is 26.7. The minimum Gasteiger partial charge on any atom is -0.338 e. The largest absolute Gasteiger partial charge is 0.338 e. The van der Waals surface area contributed by atoms with E-state index in [1.807, 2.05) is 4.90 Å². The Kier molecular flexibility index (Phi) is 12.8. The van der Waals surface area contributed by atoms with Gasteiger partial charge in [-0.05, 0) is 65.7 Å². The van der Waals surface area contributed by atoms with Crippen molar-refractivity contribution >= 4 is 46.7 Å². The summed E-state index contributed by atoms with van der Waals surface area (Å²) < 4.78 is 56.5. The fourth-order valence-corrected chi connectivity index (χ4v) is 7.74. The Balaban J connectivity index is 1.23. The number of ketones is 1. The fourth-order valence-electron chi connectivity index (χ4n) is 7.29. The van der Waals surface area contributed by atoms with Crippen LogP contribution in [0.25, 0.3) is 0 Å². The smallest absolute Gasteiger partial charge is 0.257 e. The van der Waals surface area contributed by atoms with Crippen molar-refractivity contribution in [2.45, 2.75) is 24.0 Å². The molecule has 4 aromatic carbocycles. The lowest BCUT2D eigenvalue weighted by atomic mass is 9.81. The van der Waals surface area contributed by atoms with Gasteiger partial charge in [-0.2, -0.15) is 0 Å². The Labute approximate surface area is 330 Å². The van der Waals surface area contributed by atoms with Crippen LogP contribution in [0.3, 0.4) is 0 Å². The van der Waals surface area contributed by atoms with Gasteiger partial charge in [-0.15, -0.1) is 0 Å². The Bertz CT molecular complexity index is 2130. The van der Waals surface area contributed by atoms with E-state index in [1.54, 1.807) is 42.5 Å². The van der Waals surface area contributed by atoms with E-state index in [9.17, 15) is 36.7 Å². The van der Waals surface area contributed by atoms with Crippen LogP contribution < -0.4 is 11.5 Å². The zero-order valence-corrected chi connectivity index (χ0v) is 31.4. The summed E-state index contributed by atoms with van der Waals surface area (Å²) in [7, 11) is 0. The molecule has 2 heterocycles. The normalized spacial score (nSPS) is 17.2. The second-order valence-electron chi connectivity index (χ2n) is 13.6. The van der Waals surface area contributed by atoms with E-state index in [1.165, 1.54) is 20.8 Å². The van der Waals surface area contributed by atoms with Gasteiger partial charge in [0.25, 0.3) is 11.8 Å². The molecule has 10 nitrogen and oxygen atoms in total. The van der Waals surface area contributed by atoms with E-state index in [0.29, 0.717) is 16.1 Å². The molecule has 0 saturated carbocycles. The van der Waals surface area contributed by atoms with Gasteiger partial charge in [0.05, 0.1) is 35.2 Å². The predicted molar refractivity (Wildman–Crippen MR) is 202 cm³/mol. The van der Waals surface area contributed by atoms with E-state index >= 15 is 0 Å². The zero-order chi connectivity index (χ0) is 40.3. The molecule has 56 heavy (non-hydrogen) atoms. The Morgan fingerprint density at radius 2 is 1.11 bits per heavy atom. The van der Waals surface area contributed by atoms with Crippen molar-refractivity contribution in [2.24, 2.45) is 11.5 Å². The summed E-state index contributed by atoms with van der Waals surface area (Å²) in [6.45, 7) is 0.531. The van der Waals surface area contributed by atoms with Gasteiger partial charge in [0.2, 0.25) is 5.91 Å². The van der Waals surface area contributed by atoms with Crippen LogP contribution in [-0.2, 0) is 9.59 Å². The molecule has 6 rings (SSSR count). The number of hydrogen-bond acceptors (Lipinski definition) is 7. The van der Waals surface area contributed by atoms with Crippen molar-refractivity contribution in [2.75, 3.05) is 52.4 Å². The Morgan fingerprint density at radius 3 is 1.64 bits per heavy atom. The number of carbonyl (C=O) groups excluding carboxylic acids is 4. The first-order valence-electron chi connectivity index (χ1n) is 17.8. The monoisotopic (exact) mass is 812 g/mol. The number of hydrogen-bond donors (Lipinski definition) is 2. The second kappa shape index (κ2) is 17.5. The number of carbonyl (C=O) groups is 4. The molecule has 2 aliphatic rings. The van der Waals surface area contributed by atoms with Gasteiger partial charge in [-0.25, -0.2) is 17.6 Å². The Morgan fingerprint density at radius 1 is 0.589 bits per heavy atom. The first kappa shape index (κ1) is 40.8. The summed E-state index contributed by atoms with van der Waals surface area (Å²) in [5.41, 5.74) is 13.6. The zero-order valence-electron chi connectivity index (χ0n) is 29.9. The lowest BCUT2D eigenvalue weighted by molar-refractivity contribution is -0.137. The van der Waals surface area contributed by atoms with Crippen molar-refractivity contribution in [3.8, 4) is 0 Å². The third-order valence-electron chi connectivity index (χ3n) is 10.2. The SMILES string of the molecule is NC(C(=O)N1CCN(C(=O)c2cc(F)ccc2F)CC1)C(C(=O)C(N)C(c1ccccc1Cl)N1CCN(C(=O)c2cc(F)ccc2F)CC1)c1cccc(Cl)c1. The molecule has 4 N–H and O–H groups in total. The molecule has 294 valence electrons. The maximum atomic E-state index is 14.8. The van der Waals surface area contributed by atoms with Gasteiger partial charge < -0.3 is 26.2 Å². The van der Waals surface area contributed by atoms with Crippen LogP contribution in [0.5, 0.6) is 0 Å². The Hall–Kier alpha value is -4.86. The standard InChI is InChI=1S/C40H38Cl2F4N6O4/c41-24-5-3-4-23(20-24)33(34(47)40(56)52-18-16-51(17-19-52)39(55)29-22-26(44)9-11-32(29)46)37(53)35(48)36(27-6-1-2-7-30(27)42)49-12-14-50(15-13-49)38(54)28-21-25(43)8-10-31(28)45/h1-11,20-22,33-36H,12-19,47-48H2. The second-order valence-corrected chi connectivity index (χ2v) is 14.5. The van der Waals surface area contributed by atoms with Gasteiger partial charge >= 0.3 is 0 Å². The molecule has 4 atom stereocenters. The topological polar surface area (TPSA) is 133 Å². The lowest BCUT2D eigenvalue weighted by Crippen LogP contribution is -2.58. The minimum atomic E-state index is -1.46. The van der Waals surface area contributed by atoms with Crippen LogP contribution in [0, 0.1) is 23.3 Å². The number of nitrogens with zero attached hydrogens (tertiary/aromatic N) is 4. The quantitative estimate of drug-likeness (QED) is 0.215. The highest BCUT2D eigenvalue weighted by Crippen LogP contribution is 2.35. The summed E-state index contributed by atoms with van der Waals surface area (Å²) in [6.07, 6.45) is 0. The highest BCUT2D eigenvalue weighted by atomic mass is 35.5. The third-order valence-corrected chi connectivity index (χ3v) is 10.8. The molecule has 4 unspecified atom stereocenters.